The maximum Gasteiger partial charge on any atom is 0.335 e. The Labute approximate surface area is 289 Å². The van der Waals surface area contributed by atoms with Gasteiger partial charge in [0.25, 0.3) is 0 Å². The van der Waals surface area contributed by atoms with Crippen molar-refractivity contribution in [3.63, 3.8) is 0 Å². The molecule has 0 aliphatic heterocycles. The van der Waals surface area contributed by atoms with Gasteiger partial charge in [-0.2, -0.15) is 5.10 Å². The van der Waals surface area contributed by atoms with Crippen LogP contribution >= 0.6 is 23.2 Å². The Hall–Kier alpha value is -4.73. The van der Waals surface area contributed by atoms with Gasteiger partial charge in [-0.05, 0) is 99.2 Å². The van der Waals surface area contributed by atoms with Gasteiger partial charge in [0.2, 0.25) is 6.41 Å². The number of H-pyrrole nitrogens is 1. The summed E-state index contributed by atoms with van der Waals surface area (Å²) in [5.74, 6) is -0.245. The Morgan fingerprint density at radius 2 is 1.79 bits per heavy atom. The van der Waals surface area contributed by atoms with E-state index in [9.17, 15) is 14.7 Å². The second-order valence-corrected chi connectivity index (χ2v) is 12.7. The first-order chi connectivity index (χ1) is 23.0. The third kappa shape index (κ3) is 7.37. The molecule has 48 heavy (non-hydrogen) atoms. The molecular weight excluding hydrogens is 649 g/mol. The second kappa shape index (κ2) is 15.0. The molecule has 1 amide bonds. The van der Waals surface area contributed by atoms with Crippen molar-refractivity contribution < 1.29 is 19.4 Å². The highest BCUT2D eigenvalue weighted by Gasteiger charge is 2.22. The highest BCUT2D eigenvalue weighted by molar-refractivity contribution is 6.34. The van der Waals surface area contributed by atoms with Gasteiger partial charge in [0.15, 0.2) is 0 Å². The van der Waals surface area contributed by atoms with Crippen molar-refractivity contribution in [1.82, 2.24) is 20.1 Å². The van der Waals surface area contributed by atoms with Crippen molar-refractivity contribution in [3.8, 4) is 16.9 Å². The summed E-state index contributed by atoms with van der Waals surface area (Å²) in [6.07, 6.45) is 5.92. The molecule has 11 heteroatoms. The minimum absolute atomic E-state index is 0.200. The fraction of sp³-hybridized carbons (Fsp3) is 0.270. The van der Waals surface area contributed by atoms with E-state index in [-0.39, 0.29) is 5.56 Å². The molecule has 0 radical (unpaired) electrons. The first-order valence-corrected chi connectivity index (χ1v) is 16.4. The van der Waals surface area contributed by atoms with Crippen molar-refractivity contribution in [2.45, 2.75) is 40.5 Å². The summed E-state index contributed by atoms with van der Waals surface area (Å²) in [5.41, 5.74) is 9.70. The van der Waals surface area contributed by atoms with Gasteiger partial charge in [-0.1, -0.05) is 35.3 Å². The lowest BCUT2D eigenvalue weighted by Crippen LogP contribution is -2.21. The number of carboxylic acids is 1. The first-order valence-electron chi connectivity index (χ1n) is 15.7. The smallest absolute Gasteiger partial charge is 0.335 e. The molecule has 0 saturated carbocycles. The SMILES string of the molecule is Cc1cc(OCCC/C(=C\c2cc(C(=O)O)cc3c2ccn3C)c2ccc(Cl)c(-c3c(C)n[nH]c3C)c2NCCNC=O)cc(C)c1Cl. The molecule has 0 spiro atoms. The highest BCUT2D eigenvalue weighted by Crippen LogP contribution is 2.43. The topological polar surface area (TPSA) is 121 Å². The lowest BCUT2D eigenvalue weighted by atomic mass is 9.91. The van der Waals surface area contributed by atoms with Gasteiger partial charge in [0.1, 0.15) is 5.75 Å². The van der Waals surface area contributed by atoms with Crippen LogP contribution in [0.4, 0.5) is 5.69 Å². The molecule has 0 fully saturated rings. The predicted octanol–water partition coefficient (Wildman–Crippen LogP) is 8.36. The molecule has 3 aromatic carbocycles. The number of amides is 1. The molecule has 0 saturated heterocycles. The zero-order chi connectivity index (χ0) is 34.5. The van der Waals surface area contributed by atoms with E-state index in [1.807, 2.05) is 75.8 Å². The number of ether oxygens (including phenoxy) is 1. The normalized spacial score (nSPS) is 11.6. The van der Waals surface area contributed by atoms with E-state index in [0.717, 1.165) is 77.7 Å². The maximum absolute atomic E-state index is 12.2. The Kier molecular flexibility index (Phi) is 10.8. The molecule has 5 aromatic rings. The lowest BCUT2D eigenvalue weighted by Gasteiger charge is -2.21. The van der Waals surface area contributed by atoms with Crippen LogP contribution in [0, 0.1) is 27.7 Å². The van der Waals surface area contributed by atoms with E-state index in [2.05, 4.69) is 26.9 Å². The molecule has 250 valence electrons. The van der Waals surface area contributed by atoms with E-state index in [1.54, 1.807) is 12.1 Å². The summed E-state index contributed by atoms with van der Waals surface area (Å²) in [4.78, 5) is 23.2. The van der Waals surface area contributed by atoms with E-state index in [4.69, 9.17) is 27.9 Å². The van der Waals surface area contributed by atoms with Crippen LogP contribution in [0.3, 0.4) is 0 Å². The Bertz CT molecular complexity index is 1990. The van der Waals surface area contributed by atoms with Crippen molar-refractivity contribution in [3.05, 3.63) is 97.9 Å². The molecular formula is C37H39Cl2N5O4. The number of anilines is 1. The number of allylic oxidation sites excluding steroid dienone is 1. The van der Waals surface area contributed by atoms with Crippen LogP contribution in [0.2, 0.25) is 10.0 Å². The van der Waals surface area contributed by atoms with E-state index in [1.165, 1.54) is 0 Å². The quantitative estimate of drug-likeness (QED) is 0.0529. The number of carbonyl (C=O) groups is 2. The molecule has 0 atom stereocenters. The average Bonchev–Trinajstić information content (AvgIpc) is 3.60. The standard InChI is InChI=1S/C37H39Cl2N5O4/c1-21-15-28(16-22(2)35(21)39)48-14-6-7-25(17-26-18-27(37(46)47)19-32-29(26)10-13-44(32)5)30-8-9-31(38)34(33-23(3)42-43-24(33)4)36(30)41-12-11-40-20-45/h8-10,13,15-20,41H,6-7,11-12,14H2,1-5H3,(H,40,45)(H,42,43)(H,46,47)/b25-17+. The molecule has 0 unspecified atom stereocenters. The van der Waals surface area contributed by atoms with Crippen molar-refractivity contribution in [2.24, 2.45) is 7.05 Å². The highest BCUT2D eigenvalue weighted by atomic mass is 35.5. The number of carbonyl (C=O) groups excluding carboxylic acids is 1. The lowest BCUT2D eigenvalue weighted by molar-refractivity contribution is -0.109. The number of hydrogen-bond acceptors (Lipinski definition) is 5. The van der Waals surface area contributed by atoms with Gasteiger partial charge in [-0.3, -0.25) is 9.89 Å². The number of aromatic nitrogens is 3. The summed E-state index contributed by atoms with van der Waals surface area (Å²) in [5, 5.41) is 25.9. The minimum atomic E-state index is -0.999. The molecule has 5 rings (SSSR count). The fourth-order valence-corrected chi connectivity index (χ4v) is 6.43. The molecule has 0 aliphatic rings. The second-order valence-electron chi connectivity index (χ2n) is 11.9. The number of aromatic amines is 1. The van der Waals surface area contributed by atoms with Gasteiger partial charge in [0, 0.05) is 64.6 Å². The van der Waals surface area contributed by atoms with Crippen molar-refractivity contribution in [1.29, 1.82) is 0 Å². The van der Waals surface area contributed by atoms with Crippen LogP contribution in [0.25, 0.3) is 33.7 Å². The number of aryl methyl sites for hydroxylation is 5. The first kappa shape index (κ1) is 34.6. The number of fused-ring (bicyclic) bond motifs is 1. The van der Waals surface area contributed by atoms with Gasteiger partial charge in [-0.15, -0.1) is 0 Å². The molecule has 9 nitrogen and oxygen atoms in total. The van der Waals surface area contributed by atoms with E-state index in [0.29, 0.717) is 44.0 Å². The number of carboxylic acid groups (broad SMARTS) is 1. The van der Waals surface area contributed by atoms with Gasteiger partial charge in [0.05, 0.1) is 28.6 Å². The molecule has 0 aliphatic carbocycles. The monoisotopic (exact) mass is 687 g/mol. The molecule has 2 heterocycles. The fourth-order valence-electron chi connectivity index (χ4n) is 6.07. The van der Waals surface area contributed by atoms with Crippen LogP contribution in [-0.2, 0) is 11.8 Å². The van der Waals surface area contributed by atoms with Crippen LogP contribution in [0.1, 0.15) is 56.8 Å². The summed E-state index contributed by atoms with van der Waals surface area (Å²) >= 11 is 13.3. The van der Waals surface area contributed by atoms with Gasteiger partial charge < -0.3 is 25.0 Å². The van der Waals surface area contributed by atoms with E-state index < -0.39 is 5.97 Å². The van der Waals surface area contributed by atoms with Crippen LogP contribution in [0.15, 0.2) is 48.7 Å². The van der Waals surface area contributed by atoms with Crippen molar-refractivity contribution in [2.75, 3.05) is 25.0 Å². The summed E-state index contributed by atoms with van der Waals surface area (Å²) in [6, 6.07) is 13.1. The van der Waals surface area contributed by atoms with E-state index >= 15 is 0 Å². The van der Waals surface area contributed by atoms with Gasteiger partial charge >= 0.3 is 5.97 Å². The molecule has 0 bridgehead atoms. The minimum Gasteiger partial charge on any atom is -0.494 e. The summed E-state index contributed by atoms with van der Waals surface area (Å²) < 4.78 is 8.10. The number of halogens is 2. The van der Waals surface area contributed by atoms with Crippen LogP contribution in [-0.4, -0.2) is 51.9 Å². The van der Waals surface area contributed by atoms with Crippen LogP contribution < -0.4 is 15.4 Å². The Balaban J connectivity index is 1.64. The molecule has 2 aromatic heterocycles. The summed E-state index contributed by atoms with van der Waals surface area (Å²) in [7, 11) is 1.90. The van der Waals surface area contributed by atoms with Crippen LogP contribution in [0.5, 0.6) is 5.75 Å². The zero-order valence-electron chi connectivity index (χ0n) is 27.6. The maximum atomic E-state index is 12.2. The third-order valence-electron chi connectivity index (χ3n) is 8.41. The number of nitrogens with one attached hydrogen (secondary N) is 3. The summed E-state index contributed by atoms with van der Waals surface area (Å²) in [6.45, 7) is 9.08. The number of aromatic carboxylic acids is 1. The number of nitrogens with zero attached hydrogens (tertiary/aromatic N) is 2. The largest absolute Gasteiger partial charge is 0.494 e. The van der Waals surface area contributed by atoms with Crippen molar-refractivity contribution >= 4 is 63.8 Å². The Morgan fingerprint density at radius 3 is 2.46 bits per heavy atom. The number of benzene rings is 3. The number of rotatable bonds is 14. The Morgan fingerprint density at radius 1 is 1.04 bits per heavy atom. The molecule has 4 N–H and O–H groups in total. The zero-order valence-corrected chi connectivity index (χ0v) is 29.1. The predicted molar refractivity (Wildman–Crippen MR) is 194 cm³/mol. The number of hydrogen-bond donors (Lipinski definition) is 4. The third-order valence-corrected chi connectivity index (χ3v) is 9.32. The average molecular weight is 689 g/mol. The van der Waals surface area contributed by atoms with Gasteiger partial charge in [-0.25, -0.2) is 4.79 Å².